The molecule has 2 aliphatic rings. The number of likely N-dealkylation sites (tertiary alicyclic amines) is 1. The van der Waals surface area contributed by atoms with Crippen LogP contribution in [-0.4, -0.2) is 49.9 Å². The van der Waals surface area contributed by atoms with Crippen LogP contribution < -0.4 is 0 Å². The zero-order valence-electron chi connectivity index (χ0n) is 22.9. The minimum absolute atomic E-state index is 0.105. The number of halogens is 9. The summed E-state index contributed by atoms with van der Waals surface area (Å²) in [4.78, 5) is 27.5. The number of fused-ring (bicyclic) bond motifs is 3. The van der Waals surface area contributed by atoms with Gasteiger partial charge in [0.15, 0.2) is 15.6 Å². The third kappa shape index (κ3) is 5.57. The topological polar surface area (TPSA) is 71.5 Å². The number of ketones is 1. The number of hydrogen-bond acceptors (Lipinski definition) is 4. The van der Waals surface area contributed by atoms with Crippen LogP contribution in [-0.2, 0) is 31.5 Å². The van der Waals surface area contributed by atoms with Crippen molar-refractivity contribution in [3.8, 4) is 0 Å². The number of alkyl halides is 7. The maximum absolute atomic E-state index is 15.0. The first-order valence-electron chi connectivity index (χ1n) is 13.4. The minimum Gasteiger partial charge on any atom is -0.337 e. The van der Waals surface area contributed by atoms with Gasteiger partial charge in [-0.05, 0) is 112 Å². The van der Waals surface area contributed by atoms with Crippen LogP contribution in [0.3, 0.4) is 0 Å². The Morgan fingerprint density at radius 2 is 1.40 bits per heavy atom. The molecule has 15 heteroatoms. The summed E-state index contributed by atoms with van der Waals surface area (Å²) in [5, 5.41) is 0. The van der Waals surface area contributed by atoms with Crippen molar-refractivity contribution in [1.82, 2.24) is 4.90 Å². The van der Waals surface area contributed by atoms with Crippen LogP contribution >= 0.6 is 45.2 Å². The van der Waals surface area contributed by atoms with Crippen molar-refractivity contribution in [3.63, 3.8) is 0 Å². The summed E-state index contributed by atoms with van der Waals surface area (Å²) in [5.41, 5.74) is -7.44. The van der Waals surface area contributed by atoms with Crippen LogP contribution in [0.25, 0.3) is 0 Å². The zero-order chi connectivity index (χ0) is 33.2. The number of carbonyl (C=O) groups is 2. The SMILES string of the molecule is O=C(CC(=O)N1CC[C@@]2(S(=O)(=O)c3ccc(I)cc3)c3ccc(C(F)(C(F)(F)F)C(F)(F)F)cc3CC[C@@H]12)c1ccc(I)cc1. The Morgan fingerprint density at radius 3 is 1.96 bits per heavy atom. The average molecular weight is 879 g/mol. The van der Waals surface area contributed by atoms with E-state index < -0.39 is 62.3 Å². The Labute approximate surface area is 280 Å². The lowest BCUT2D eigenvalue weighted by atomic mass is 9.76. The molecule has 1 fully saturated rings. The lowest BCUT2D eigenvalue weighted by molar-refractivity contribution is -0.348. The fourth-order valence-corrected chi connectivity index (χ4v) is 9.42. The molecule has 0 radical (unpaired) electrons. The lowest BCUT2D eigenvalue weighted by Gasteiger charge is -2.43. The molecule has 1 amide bonds. The number of carbonyl (C=O) groups excluding carboxylic acids is 2. The second kappa shape index (κ2) is 11.8. The first-order valence-corrected chi connectivity index (χ1v) is 17.0. The number of rotatable bonds is 6. The molecule has 0 aromatic heterocycles. The third-order valence-corrected chi connectivity index (χ3v) is 12.5. The summed E-state index contributed by atoms with van der Waals surface area (Å²) >= 11 is 4.01. The molecule has 0 unspecified atom stereocenters. The average Bonchev–Trinajstić information content (AvgIpc) is 3.38. The highest BCUT2D eigenvalue weighted by molar-refractivity contribution is 14.1. The summed E-state index contributed by atoms with van der Waals surface area (Å²) in [5.74, 6) is -1.17. The number of Topliss-reactive ketones (excluding diaryl/α,β-unsaturated/α-hetero) is 1. The standard InChI is InChI=1S/C30H22F7I2NO4S/c31-28(29(32,33)34,30(35,36)37)19-4-11-23-18(15-19)3-12-25-27(23,45(43,44)22-9-7-21(39)8-10-22)13-14-40(25)26(42)16-24(41)17-1-5-20(38)6-2-17/h1-2,4-11,15,25H,3,12-14,16H2/t25-,27-/m1/s1. The van der Waals surface area contributed by atoms with Gasteiger partial charge in [-0.1, -0.05) is 30.3 Å². The van der Waals surface area contributed by atoms with E-state index in [1.807, 2.05) is 22.6 Å². The number of hydrogen-bond donors (Lipinski definition) is 0. The Hall–Kier alpha value is -2.28. The number of nitrogens with zero attached hydrogens (tertiary/aromatic N) is 1. The molecule has 1 aliphatic heterocycles. The van der Waals surface area contributed by atoms with E-state index in [1.165, 1.54) is 29.2 Å². The Morgan fingerprint density at radius 1 is 0.844 bits per heavy atom. The number of aryl methyl sites for hydroxylation is 1. The maximum Gasteiger partial charge on any atom is 0.435 e. The van der Waals surface area contributed by atoms with Gasteiger partial charge in [-0.15, -0.1) is 0 Å². The Balaban J connectivity index is 1.62. The highest BCUT2D eigenvalue weighted by Gasteiger charge is 2.73. The van der Waals surface area contributed by atoms with E-state index in [1.54, 1.807) is 24.3 Å². The largest absolute Gasteiger partial charge is 0.435 e. The summed E-state index contributed by atoms with van der Waals surface area (Å²) in [6.45, 7) is -0.146. The molecule has 5 rings (SSSR count). The summed E-state index contributed by atoms with van der Waals surface area (Å²) in [7, 11) is -4.47. The normalized spacial score (nSPS) is 20.5. The van der Waals surface area contributed by atoms with Crippen LogP contribution in [0.2, 0.25) is 0 Å². The van der Waals surface area contributed by atoms with Crippen molar-refractivity contribution in [3.05, 3.63) is 96.1 Å². The van der Waals surface area contributed by atoms with E-state index in [-0.39, 0.29) is 47.4 Å². The van der Waals surface area contributed by atoms with Crippen LogP contribution in [0.5, 0.6) is 0 Å². The van der Waals surface area contributed by atoms with Gasteiger partial charge in [0.1, 0.15) is 4.75 Å². The van der Waals surface area contributed by atoms with E-state index in [9.17, 15) is 44.3 Å². The molecule has 0 bridgehead atoms. The third-order valence-electron chi connectivity index (χ3n) is 8.47. The van der Waals surface area contributed by atoms with Gasteiger partial charge in [-0.2, -0.15) is 26.3 Å². The van der Waals surface area contributed by atoms with Crippen LogP contribution in [0.15, 0.2) is 71.6 Å². The van der Waals surface area contributed by atoms with Gasteiger partial charge >= 0.3 is 18.0 Å². The fraction of sp³-hybridized carbons (Fsp3) is 0.333. The molecule has 0 spiro atoms. The van der Waals surface area contributed by atoms with E-state index in [2.05, 4.69) is 22.6 Å². The van der Waals surface area contributed by atoms with E-state index >= 15 is 4.39 Å². The molecule has 2 atom stereocenters. The fourth-order valence-electron chi connectivity index (χ4n) is 6.33. The van der Waals surface area contributed by atoms with Crippen LogP contribution in [0.4, 0.5) is 30.7 Å². The molecule has 3 aromatic carbocycles. The molecule has 3 aromatic rings. The maximum atomic E-state index is 15.0. The summed E-state index contributed by atoms with van der Waals surface area (Å²) < 4.78 is 125. The van der Waals surface area contributed by atoms with Gasteiger partial charge in [0.05, 0.1) is 17.4 Å². The Kier molecular flexibility index (Phi) is 8.90. The molecule has 45 heavy (non-hydrogen) atoms. The van der Waals surface area contributed by atoms with Gasteiger partial charge in [0.2, 0.25) is 5.91 Å². The van der Waals surface area contributed by atoms with Gasteiger partial charge in [-0.25, -0.2) is 12.8 Å². The smallest absolute Gasteiger partial charge is 0.337 e. The molecule has 0 saturated carbocycles. The van der Waals surface area contributed by atoms with Gasteiger partial charge < -0.3 is 4.90 Å². The molecule has 5 nitrogen and oxygen atoms in total. The van der Waals surface area contributed by atoms with Gasteiger partial charge in [0, 0.05) is 24.8 Å². The molecule has 240 valence electrons. The van der Waals surface area contributed by atoms with Crippen molar-refractivity contribution in [1.29, 1.82) is 0 Å². The summed E-state index contributed by atoms with van der Waals surface area (Å²) in [6, 6.07) is 12.6. The molecule has 1 saturated heterocycles. The first-order chi connectivity index (χ1) is 20.8. The molecular weight excluding hydrogens is 857 g/mol. The lowest BCUT2D eigenvalue weighted by Crippen LogP contribution is -2.53. The summed E-state index contributed by atoms with van der Waals surface area (Å²) in [6.07, 6.45) is -13.9. The van der Waals surface area contributed by atoms with Crippen LogP contribution in [0, 0.1) is 7.14 Å². The van der Waals surface area contributed by atoms with Crippen molar-refractivity contribution < 1.29 is 48.7 Å². The second-order valence-electron chi connectivity index (χ2n) is 10.9. The minimum atomic E-state index is -6.35. The van der Waals surface area contributed by atoms with E-state index in [0.29, 0.717) is 15.7 Å². The van der Waals surface area contributed by atoms with Crippen molar-refractivity contribution in [2.24, 2.45) is 0 Å². The number of sulfone groups is 1. The first kappa shape index (κ1) is 34.1. The molecular formula is C30H22F7I2NO4S. The Bertz CT molecular complexity index is 1750. The van der Waals surface area contributed by atoms with Crippen molar-refractivity contribution in [2.45, 2.75) is 59.4 Å². The highest BCUT2D eigenvalue weighted by Crippen LogP contribution is 2.56. The predicted octanol–water partition coefficient (Wildman–Crippen LogP) is 7.67. The zero-order valence-corrected chi connectivity index (χ0v) is 28.0. The molecule has 1 heterocycles. The second-order valence-corrected chi connectivity index (χ2v) is 15.6. The monoisotopic (exact) mass is 879 g/mol. The van der Waals surface area contributed by atoms with E-state index in [4.69, 9.17) is 0 Å². The quantitative estimate of drug-likeness (QED) is 0.110. The highest BCUT2D eigenvalue weighted by atomic mass is 127. The number of benzene rings is 3. The predicted molar refractivity (Wildman–Crippen MR) is 166 cm³/mol. The van der Waals surface area contributed by atoms with Crippen LogP contribution in [0.1, 0.15) is 46.3 Å². The molecule has 1 aliphatic carbocycles. The van der Waals surface area contributed by atoms with Gasteiger partial charge in [-0.3, -0.25) is 9.59 Å². The van der Waals surface area contributed by atoms with E-state index in [0.717, 1.165) is 9.64 Å². The molecule has 0 N–H and O–H groups in total. The van der Waals surface area contributed by atoms with Gasteiger partial charge in [0.25, 0.3) is 0 Å². The van der Waals surface area contributed by atoms with Crippen molar-refractivity contribution in [2.75, 3.05) is 6.54 Å². The van der Waals surface area contributed by atoms with Crippen molar-refractivity contribution >= 4 is 66.7 Å². The number of amides is 1.